The minimum atomic E-state index is -5.08. The van der Waals surface area contributed by atoms with Crippen LogP contribution < -0.4 is 9.47 Å². The normalized spacial score (nSPS) is 11.2. The number of rotatable bonds is 5. The van der Waals surface area contributed by atoms with E-state index in [0.29, 0.717) is 23.6 Å². The lowest BCUT2D eigenvalue weighted by Crippen LogP contribution is -2.21. The van der Waals surface area contributed by atoms with Gasteiger partial charge in [0.25, 0.3) is 0 Å². The average Bonchev–Trinajstić information content (AvgIpc) is 3.31. The number of methoxy groups -OCH3 is 2. The maximum atomic E-state index is 10.6. The zero-order valence-corrected chi connectivity index (χ0v) is 20.2. The third-order valence-electron chi connectivity index (χ3n) is 5.68. The zero-order chi connectivity index (χ0) is 27.4. The summed E-state index contributed by atoms with van der Waals surface area (Å²) in [5.74, 6) is -1.19. The lowest BCUT2D eigenvalue weighted by atomic mass is 9.98. The van der Waals surface area contributed by atoms with E-state index in [1.54, 1.807) is 26.4 Å². The number of aromatic amines is 1. The molecule has 0 atom stereocenters. The Morgan fingerprint density at radius 2 is 1.63 bits per heavy atom. The van der Waals surface area contributed by atoms with Crippen molar-refractivity contribution in [1.82, 2.24) is 15.2 Å². The molecular weight excluding hydrogens is 503 g/mol. The Morgan fingerprint density at radius 1 is 0.974 bits per heavy atom. The standard InChI is InChI=1S/C25H21N3O3.C2HF3O2/c1-30-18-13-19-22-20(12-15-6-4-3-5-7-15)27-28-25(22)26-24(23(19)21(14-18)31-2)16-8-10-17(29)11-9-16;3-2(4,5)1(6)7/h3-11,13-14,29H,12H2,1-2H3,(H,26,27,28);(H,6,7). The maximum absolute atomic E-state index is 10.6. The highest BCUT2D eigenvalue weighted by Gasteiger charge is 2.38. The summed E-state index contributed by atoms with van der Waals surface area (Å²) in [5, 5.41) is 27.3. The molecule has 3 aromatic carbocycles. The third-order valence-corrected chi connectivity index (χ3v) is 5.68. The molecule has 0 aliphatic rings. The molecule has 0 radical (unpaired) electrons. The highest BCUT2D eigenvalue weighted by atomic mass is 19.4. The first kappa shape index (κ1) is 26.3. The number of hydrogen-bond donors (Lipinski definition) is 3. The number of carboxylic acid groups (broad SMARTS) is 1. The van der Waals surface area contributed by atoms with E-state index >= 15 is 0 Å². The van der Waals surface area contributed by atoms with Gasteiger partial charge in [0.15, 0.2) is 5.65 Å². The van der Waals surface area contributed by atoms with E-state index < -0.39 is 12.1 Å². The number of carbonyl (C=O) groups is 1. The van der Waals surface area contributed by atoms with Crippen LogP contribution in [0.2, 0.25) is 0 Å². The van der Waals surface area contributed by atoms with Crippen molar-refractivity contribution in [2.24, 2.45) is 0 Å². The Labute approximate surface area is 214 Å². The lowest BCUT2D eigenvalue weighted by Gasteiger charge is -2.14. The van der Waals surface area contributed by atoms with Gasteiger partial charge >= 0.3 is 12.1 Å². The second-order valence-corrected chi connectivity index (χ2v) is 8.12. The number of carboxylic acids is 1. The Morgan fingerprint density at radius 3 is 2.21 bits per heavy atom. The van der Waals surface area contributed by atoms with Crippen LogP contribution in [0.3, 0.4) is 0 Å². The summed E-state index contributed by atoms with van der Waals surface area (Å²) in [6, 6.07) is 21.1. The van der Waals surface area contributed by atoms with Gasteiger partial charge in [0, 0.05) is 23.4 Å². The minimum absolute atomic E-state index is 0.203. The number of fused-ring (bicyclic) bond motifs is 3. The summed E-state index contributed by atoms with van der Waals surface area (Å²) in [5.41, 5.74) is 4.38. The number of nitrogens with zero attached hydrogens (tertiary/aromatic N) is 2. The van der Waals surface area contributed by atoms with E-state index in [2.05, 4.69) is 22.3 Å². The van der Waals surface area contributed by atoms with E-state index in [9.17, 15) is 18.3 Å². The monoisotopic (exact) mass is 525 g/mol. The Bertz CT molecular complexity index is 1580. The second-order valence-electron chi connectivity index (χ2n) is 8.12. The van der Waals surface area contributed by atoms with Crippen LogP contribution in [-0.2, 0) is 11.2 Å². The fraction of sp³-hybridized carbons (Fsp3) is 0.148. The number of aromatic hydroxyl groups is 1. The molecule has 196 valence electrons. The number of H-pyrrole nitrogens is 1. The summed E-state index contributed by atoms with van der Waals surface area (Å²) in [4.78, 5) is 13.8. The van der Waals surface area contributed by atoms with Gasteiger partial charge in [-0.2, -0.15) is 18.3 Å². The largest absolute Gasteiger partial charge is 0.508 e. The number of benzene rings is 3. The quantitative estimate of drug-likeness (QED) is 0.268. The zero-order valence-electron chi connectivity index (χ0n) is 20.2. The van der Waals surface area contributed by atoms with Crippen LogP contribution in [0.5, 0.6) is 17.2 Å². The van der Waals surface area contributed by atoms with Gasteiger partial charge in [-0.25, -0.2) is 9.78 Å². The first-order chi connectivity index (χ1) is 18.1. The summed E-state index contributed by atoms with van der Waals surface area (Å²) in [6.45, 7) is 0. The summed E-state index contributed by atoms with van der Waals surface area (Å²) in [6.07, 6.45) is -4.41. The van der Waals surface area contributed by atoms with E-state index in [-0.39, 0.29) is 5.75 Å². The lowest BCUT2D eigenvalue weighted by molar-refractivity contribution is -0.192. The number of ether oxygens (including phenoxy) is 2. The summed E-state index contributed by atoms with van der Waals surface area (Å²) in [7, 11) is 3.28. The number of aromatic nitrogens is 3. The molecule has 0 saturated heterocycles. The first-order valence-electron chi connectivity index (χ1n) is 11.2. The van der Waals surface area contributed by atoms with Crippen molar-refractivity contribution in [3.63, 3.8) is 0 Å². The molecule has 2 aromatic heterocycles. The van der Waals surface area contributed by atoms with Gasteiger partial charge in [0.05, 0.1) is 36.4 Å². The molecule has 0 amide bonds. The molecule has 0 spiro atoms. The van der Waals surface area contributed by atoms with E-state index in [1.165, 1.54) is 5.56 Å². The second kappa shape index (κ2) is 10.7. The maximum Gasteiger partial charge on any atom is 0.490 e. The van der Waals surface area contributed by atoms with Crippen LogP contribution in [0, 0.1) is 0 Å². The highest BCUT2D eigenvalue weighted by molar-refractivity contribution is 6.14. The molecule has 8 nitrogen and oxygen atoms in total. The smallest absolute Gasteiger partial charge is 0.490 e. The third kappa shape index (κ3) is 5.46. The van der Waals surface area contributed by atoms with Gasteiger partial charge in [-0.05, 0) is 35.9 Å². The molecular formula is C27H22F3N3O5. The van der Waals surface area contributed by atoms with Crippen molar-refractivity contribution in [3.8, 4) is 28.5 Å². The van der Waals surface area contributed by atoms with Crippen LogP contribution in [0.15, 0.2) is 66.7 Å². The molecule has 2 heterocycles. The fourth-order valence-electron chi connectivity index (χ4n) is 3.96. The molecule has 0 saturated carbocycles. The Balaban J connectivity index is 0.000000426. The number of pyridine rings is 1. The molecule has 5 aromatic rings. The van der Waals surface area contributed by atoms with E-state index in [4.69, 9.17) is 24.4 Å². The van der Waals surface area contributed by atoms with Gasteiger partial charge in [-0.15, -0.1) is 0 Å². The molecule has 38 heavy (non-hydrogen) atoms. The van der Waals surface area contributed by atoms with Crippen molar-refractivity contribution < 1.29 is 37.7 Å². The molecule has 5 rings (SSSR count). The van der Waals surface area contributed by atoms with E-state index in [1.807, 2.05) is 42.5 Å². The number of phenolic OH excluding ortho intramolecular Hbond substituents is 1. The molecule has 0 unspecified atom stereocenters. The predicted octanol–water partition coefficient (Wildman–Crippen LogP) is 5.73. The Hall–Kier alpha value is -4.80. The molecule has 0 fully saturated rings. The average molecular weight is 525 g/mol. The van der Waals surface area contributed by atoms with Crippen molar-refractivity contribution in [1.29, 1.82) is 0 Å². The fourth-order valence-corrected chi connectivity index (χ4v) is 3.96. The minimum Gasteiger partial charge on any atom is -0.508 e. The van der Waals surface area contributed by atoms with Gasteiger partial charge in [-0.3, -0.25) is 5.10 Å². The van der Waals surface area contributed by atoms with Crippen molar-refractivity contribution in [3.05, 3.63) is 78.0 Å². The van der Waals surface area contributed by atoms with Gasteiger partial charge < -0.3 is 19.7 Å². The molecule has 0 aliphatic carbocycles. The van der Waals surface area contributed by atoms with Gasteiger partial charge in [0.1, 0.15) is 17.2 Å². The summed E-state index contributed by atoms with van der Waals surface area (Å²) >= 11 is 0. The van der Waals surface area contributed by atoms with Crippen LogP contribution in [0.25, 0.3) is 33.1 Å². The van der Waals surface area contributed by atoms with Crippen LogP contribution in [0.1, 0.15) is 11.3 Å². The topological polar surface area (TPSA) is 118 Å². The number of alkyl halides is 3. The number of aliphatic carboxylic acids is 1. The van der Waals surface area contributed by atoms with Crippen molar-refractivity contribution in [2.75, 3.05) is 14.2 Å². The Kier molecular flexibility index (Phi) is 7.38. The van der Waals surface area contributed by atoms with Gasteiger partial charge in [0.2, 0.25) is 0 Å². The first-order valence-corrected chi connectivity index (χ1v) is 11.2. The van der Waals surface area contributed by atoms with Crippen molar-refractivity contribution >= 4 is 27.8 Å². The SMILES string of the molecule is COc1cc(OC)c2c(-c3ccc(O)cc3)nc3[nH]nc(Cc4ccccc4)c3c2c1.O=C(O)C(F)(F)F. The van der Waals surface area contributed by atoms with Crippen LogP contribution in [0.4, 0.5) is 13.2 Å². The molecule has 0 aliphatic heterocycles. The molecule has 3 N–H and O–H groups in total. The predicted molar refractivity (Wildman–Crippen MR) is 135 cm³/mol. The van der Waals surface area contributed by atoms with E-state index in [0.717, 1.165) is 33.1 Å². The summed E-state index contributed by atoms with van der Waals surface area (Å²) < 4.78 is 43.0. The van der Waals surface area contributed by atoms with Crippen molar-refractivity contribution in [2.45, 2.75) is 12.6 Å². The number of hydrogen-bond acceptors (Lipinski definition) is 6. The molecule has 11 heteroatoms. The number of halogens is 3. The van der Waals surface area contributed by atoms with Crippen LogP contribution in [-0.4, -0.2) is 51.8 Å². The van der Waals surface area contributed by atoms with Gasteiger partial charge in [-0.1, -0.05) is 30.3 Å². The highest BCUT2D eigenvalue weighted by Crippen LogP contribution is 2.41. The van der Waals surface area contributed by atoms with Crippen LogP contribution >= 0.6 is 0 Å². The number of nitrogens with one attached hydrogen (secondary N) is 1. The molecule has 0 bridgehead atoms. The number of phenols is 1.